The molecule has 4 rings (SSSR count). The third kappa shape index (κ3) is 3.27. The highest BCUT2D eigenvalue weighted by Crippen LogP contribution is 2.44. The number of aromatic nitrogens is 2. The predicted molar refractivity (Wildman–Crippen MR) is 104 cm³/mol. The fraction of sp³-hybridized carbons (Fsp3) is 0.143. The summed E-state index contributed by atoms with van der Waals surface area (Å²) in [6, 6.07) is 19.9. The first-order valence-corrected chi connectivity index (χ1v) is 9.01. The number of rotatable bonds is 4. The maximum absolute atomic E-state index is 9.67. The van der Waals surface area contributed by atoms with E-state index in [1.54, 1.807) is 0 Å². The van der Waals surface area contributed by atoms with Crippen molar-refractivity contribution in [2.24, 2.45) is 5.73 Å². The predicted octanol–water partition coefficient (Wildman–Crippen LogP) is 4.53. The van der Waals surface area contributed by atoms with Crippen molar-refractivity contribution in [2.75, 3.05) is 0 Å². The fourth-order valence-corrected chi connectivity index (χ4v) is 3.55. The van der Waals surface area contributed by atoms with Crippen molar-refractivity contribution >= 4 is 11.6 Å². The van der Waals surface area contributed by atoms with Crippen molar-refractivity contribution in [1.82, 2.24) is 10.2 Å². The van der Waals surface area contributed by atoms with Gasteiger partial charge >= 0.3 is 0 Å². The fourth-order valence-electron chi connectivity index (χ4n) is 3.42. The van der Waals surface area contributed by atoms with E-state index in [4.69, 9.17) is 22.1 Å². The molecule has 0 bridgehead atoms. The number of aryl methyl sites for hydroxylation is 1. The molecule has 1 aromatic heterocycles. The minimum Gasteiger partial charge on any atom is -0.420 e. The number of allylic oxidation sites excluding steroid dienone is 1. The first kappa shape index (κ1) is 17.2. The van der Waals surface area contributed by atoms with Crippen LogP contribution in [-0.2, 0) is 6.42 Å². The average molecular weight is 377 g/mol. The van der Waals surface area contributed by atoms with Crippen LogP contribution < -0.4 is 10.5 Å². The number of benzene rings is 2. The highest BCUT2D eigenvalue weighted by molar-refractivity contribution is 6.30. The number of halogens is 1. The molecule has 2 aromatic carbocycles. The molecule has 0 saturated carbocycles. The summed E-state index contributed by atoms with van der Waals surface area (Å²) in [6.07, 6.45) is 1.54. The second-order valence-electron chi connectivity index (χ2n) is 6.39. The Kier molecular flexibility index (Phi) is 4.57. The largest absolute Gasteiger partial charge is 0.420 e. The molecule has 0 unspecified atom stereocenters. The molecule has 134 valence electrons. The Morgan fingerprint density at radius 2 is 1.89 bits per heavy atom. The van der Waals surface area contributed by atoms with Crippen molar-refractivity contribution in [3.63, 3.8) is 0 Å². The zero-order valence-electron chi connectivity index (χ0n) is 14.4. The molecular formula is C21H17ClN4O. The number of ether oxygens (including phenoxy) is 1. The van der Waals surface area contributed by atoms with Crippen molar-refractivity contribution in [3.05, 3.63) is 82.2 Å². The van der Waals surface area contributed by atoms with E-state index < -0.39 is 0 Å². The summed E-state index contributed by atoms with van der Waals surface area (Å²) in [5, 5.41) is 17.6. The van der Waals surface area contributed by atoms with E-state index in [1.165, 1.54) is 5.56 Å². The Bertz CT molecular complexity index is 1030. The maximum Gasteiger partial charge on any atom is 0.244 e. The summed E-state index contributed by atoms with van der Waals surface area (Å²) < 4.78 is 5.61. The minimum atomic E-state index is -0.191. The van der Waals surface area contributed by atoms with E-state index >= 15 is 0 Å². The molecule has 0 fully saturated rings. The maximum atomic E-state index is 9.67. The lowest BCUT2D eigenvalue weighted by molar-refractivity contribution is 0.371. The van der Waals surface area contributed by atoms with Crippen LogP contribution in [0.4, 0.5) is 0 Å². The van der Waals surface area contributed by atoms with Crippen LogP contribution >= 0.6 is 11.6 Å². The number of H-pyrrole nitrogens is 1. The quantitative estimate of drug-likeness (QED) is 0.700. The van der Waals surface area contributed by atoms with Crippen molar-refractivity contribution < 1.29 is 4.74 Å². The van der Waals surface area contributed by atoms with Crippen LogP contribution in [0, 0.1) is 11.3 Å². The van der Waals surface area contributed by atoms with Crippen LogP contribution in [0.2, 0.25) is 5.02 Å². The van der Waals surface area contributed by atoms with Crippen LogP contribution in [0.25, 0.3) is 11.3 Å². The first-order valence-electron chi connectivity index (χ1n) is 8.63. The Hall–Kier alpha value is -3.23. The van der Waals surface area contributed by atoms with Crippen LogP contribution in [0.15, 0.2) is 66.1 Å². The lowest BCUT2D eigenvalue weighted by Gasteiger charge is -2.23. The Morgan fingerprint density at radius 3 is 2.59 bits per heavy atom. The number of hydrogen-bond donors (Lipinski definition) is 2. The molecule has 1 atom stereocenters. The monoisotopic (exact) mass is 376 g/mol. The lowest BCUT2D eigenvalue weighted by atomic mass is 9.84. The molecule has 0 radical (unpaired) electrons. The first-order chi connectivity index (χ1) is 13.2. The second kappa shape index (κ2) is 7.18. The van der Waals surface area contributed by atoms with E-state index in [0.717, 1.165) is 29.7 Å². The molecule has 2 heterocycles. The number of nitrogens with two attached hydrogens (primary N) is 1. The molecule has 3 aromatic rings. The van der Waals surface area contributed by atoms with Gasteiger partial charge in [0.25, 0.3) is 0 Å². The Morgan fingerprint density at radius 1 is 1.15 bits per heavy atom. The number of fused-ring (bicyclic) bond motifs is 1. The second-order valence-corrected chi connectivity index (χ2v) is 6.83. The molecule has 27 heavy (non-hydrogen) atoms. The standard InChI is InChI=1S/C21H17ClN4O/c22-15-9-7-14(8-10-15)19-18-16(11-6-13-4-2-1-3-5-13)17(12-23)20(24)27-21(18)26-25-19/h1-5,7-10,16H,6,11,24H2,(H,25,26)/t16-/m1/s1. The number of nitriles is 1. The van der Waals surface area contributed by atoms with Crippen LogP contribution in [0.1, 0.15) is 23.5 Å². The summed E-state index contributed by atoms with van der Waals surface area (Å²) in [4.78, 5) is 0. The van der Waals surface area contributed by atoms with Gasteiger partial charge in [0.2, 0.25) is 11.8 Å². The minimum absolute atomic E-state index is 0.122. The van der Waals surface area contributed by atoms with E-state index in [2.05, 4.69) is 28.4 Å². The molecule has 0 amide bonds. The van der Waals surface area contributed by atoms with E-state index in [9.17, 15) is 5.26 Å². The van der Waals surface area contributed by atoms with Gasteiger partial charge in [0.1, 0.15) is 6.07 Å². The van der Waals surface area contributed by atoms with Gasteiger partial charge in [-0.1, -0.05) is 54.1 Å². The molecule has 0 saturated heterocycles. The topological polar surface area (TPSA) is 87.7 Å². The van der Waals surface area contributed by atoms with Gasteiger partial charge in [-0.3, -0.25) is 5.10 Å². The highest BCUT2D eigenvalue weighted by Gasteiger charge is 2.34. The zero-order chi connectivity index (χ0) is 18.8. The zero-order valence-corrected chi connectivity index (χ0v) is 15.2. The van der Waals surface area contributed by atoms with Gasteiger partial charge in [0.05, 0.1) is 16.8 Å². The van der Waals surface area contributed by atoms with Crippen LogP contribution in [0.5, 0.6) is 5.88 Å². The average Bonchev–Trinajstić information content (AvgIpc) is 3.10. The smallest absolute Gasteiger partial charge is 0.244 e. The molecular weight excluding hydrogens is 360 g/mol. The normalized spacial score (nSPS) is 15.8. The van der Waals surface area contributed by atoms with Gasteiger partial charge in [0, 0.05) is 16.5 Å². The third-order valence-electron chi connectivity index (χ3n) is 4.76. The number of nitrogens with one attached hydrogen (secondary N) is 1. The van der Waals surface area contributed by atoms with E-state index in [-0.39, 0.29) is 11.8 Å². The molecule has 6 heteroatoms. The van der Waals surface area contributed by atoms with Crippen molar-refractivity contribution in [3.8, 4) is 23.2 Å². The third-order valence-corrected chi connectivity index (χ3v) is 5.01. The molecule has 1 aliphatic rings. The van der Waals surface area contributed by atoms with Gasteiger partial charge in [-0.2, -0.15) is 5.26 Å². The summed E-state index contributed by atoms with van der Waals surface area (Å²) in [5.74, 6) is 0.357. The van der Waals surface area contributed by atoms with E-state index in [0.29, 0.717) is 16.5 Å². The summed E-state index contributed by atoms with van der Waals surface area (Å²) >= 11 is 6.01. The van der Waals surface area contributed by atoms with Crippen molar-refractivity contribution in [2.45, 2.75) is 18.8 Å². The number of hydrogen-bond acceptors (Lipinski definition) is 4. The van der Waals surface area contributed by atoms with Gasteiger partial charge in [-0.25, -0.2) is 0 Å². The Labute approximate surface area is 162 Å². The Balaban J connectivity index is 1.74. The van der Waals surface area contributed by atoms with Crippen LogP contribution in [-0.4, -0.2) is 10.2 Å². The van der Waals surface area contributed by atoms with Gasteiger partial charge in [-0.05, 0) is 30.5 Å². The lowest BCUT2D eigenvalue weighted by Crippen LogP contribution is -2.20. The molecule has 0 aliphatic carbocycles. The summed E-state index contributed by atoms with van der Waals surface area (Å²) in [5.41, 5.74) is 10.3. The van der Waals surface area contributed by atoms with Gasteiger partial charge in [-0.15, -0.1) is 5.10 Å². The van der Waals surface area contributed by atoms with Gasteiger partial charge in [0.15, 0.2) is 0 Å². The van der Waals surface area contributed by atoms with Gasteiger partial charge < -0.3 is 10.5 Å². The van der Waals surface area contributed by atoms with Crippen LogP contribution in [0.3, 0.4) is 0 Å². The summed E-state index contributed by atoms with van der Waals surface area (Å²) in [7, 11) is 0. The molecule has 1 aliphatic heterocycles. The molecule has 5 nitrogen and oxygen atoms in total. The molecule has 3 N–H and O–H groups in total. The molecule has 0 spiro atoms. The number of aromatic amines is 1. The van der Waals surface area contributed by atoms with E-state index in [1.807, 2.05) is 42.5 Å². The number of nitrogens with zero attached hydrogens (tertiary/aromatic N) is 2. The summed E-state index contributed by atoms with van der Waals surface area (Å²) in [6.45, 7) is 0. The van der Waals surface area contributed by atoms with Crippen molar-refractivity contribution in [1.29, 1.82) is 5.26 Å². The highest BCUT2D eigenvalue weighted by atomic mass is 35.5. The SMILES string of the molecule is N#CC1=C(N)Oc2n[nH]c(-c3ccc(Cl)cc3)c2[C@@H]1CCc1ccccc1.